The summed E-state index contributed by atoms with van der Waals surface area (Å²) in [4.78, 5) is 23.9. The zero-order valence-corrected chi connectivity index (χ0v) is 15.3. The average molecular weight is 394 g/mol. The largest absolute Gasteiger partial charge is 0.484 e. The Bertz CT molecular complexity index is 805. The molecule has 0 heterocycles. The van der Waals surface area contributed by atoms with Gasteiger partial charge in [-0.3, -0.25) is 9.59 Å². The molecule has 0 aliphatic heterocycles. The first-order valence-corrected chi connectivity index (χ1v) is 8.63. The molecule has 28 heavy (non-hydrogen) atoms. The fourth-order valence-corrected chi connectivity index (χ4v) is 2.37. The lowest BCUT2D eigenvalue weighted by Gasteiger charge is -2.10. The number of rotatable bonds is 8. The zero-order valence-electron chi connectivity index (χ0n) is 15.3. The number of carbonyl (C=O) groups excluding carboxylic acids is 2. The maximum atomic E-state index is 12.1. The van der Waals surface area contributed by atoms with E-state index in [0.717, 1.165) is 11.1 Å². The Labute approximate surface area is 160 Å². The molecule has 2 aromatic rings. The fraction of sp³-hybridized carbons (Fsp3) is 0.300. The number of alkyl halides is 3. The number of benzene rings is 2. The average Bonchev–Trinajstić information content (AvgIpc) is 2.65. The van der Waals surface area contributed by atoms with Crippen LogP contribution in [0.1, 0.15) is 27.9 Å². The molecular weight excluding hydrogens is 373 g/mol. The van der Waals surface area contributed by atoms with Crippen molar-refractivity contribution in [3.63, 3.8) is 0 Å². The summed E-state index contributed by atoms with van der Waals surface area (Å²) in [6, 6.07) is 13.1. The van der Waals surface area contributed by atoms with Crippen LogP contribution in [0.3, 0.4) is 0 Å². The molecule has 0 aliphatic carbocycles. The predicted molar refractivity (Wildman–Crippen MR) is 98.0 cm³/mol. The summed E-state index contributed by atoms with van der Waals surface area (Å²) in [5.74, 6) is -0.380. The number of nitrogens with one attached hydrogen (secondary N) is 2. The molecule has 2 rings (SSSR count). The number of halogens is 3. The van der Waals surface area contributed by atoms with Crippen molar-refractivity contribution in [2.75, 3.05) is 13.2 Å². The van der Waals surface area contributed by atoms with Crippen LogP contribution >= 0.6 is 0 Å². The van der Waals surface area contributed by atoms with Crippen molar-refractivity contribution in [1.82, 2.24) is 10.6 Å². The van der Waals surface area contributed by atoms with Gasteiger partial charge in [0, 0.05) is 25.1 Å². The Morgan fingerprint density at radius 2 is 1.68 bits per heavy atom. The first kappa shape index (κ1) is 21.3. The Hall–Kier alpha value is -3.03. The van der Waals surface area contributed by atoms with E-state index >= 15 is 0 Å². The minimum Gasteiger partial charge on any atom is -0.484 e. The highest BCUT2D eigenvalue weighted by molar-refractivity contribution is 5.95. The Balaban J connectivity index is 1.69. The van der Waals surface area contributed by atoms with E-state index in [1.54, 1.807) is 24.3 Å². The minimum absolute atomic E-state index is 0.103. The van der Waals surface area contributed by atoms with Crippen LogP contribution in [0.2, 0.25) is 0 Å². The van der Waals surface area contributed by atoms with Gasteiger partial charge in [0.05, 0.1) is 0 Å². The van der Waals surface area contributed by atoms with Gasteiger partial charge < -0.3 is 15.4 Å². The molecule has 0 spiro atoms. The monoisotopic (exact) mass is 394 g/mol. The number of amides is 2. The number of ether oxygens (including phenoxy) is 1. The lowest BCUT2D eigenvalue weighted by Crippen LogP contribution is -2.30. The maximum Gasteiger partial charge on any atom is 0.422 e. The van der Waals surface area contributed by atoms with Crippen LogP contribution in [0, 0.1) is 6.92 Å². The van der Waals surface area contributed by atoms with Crippen molar-refractivity contribution < 1.29 is 27.5 Å². The molecule has 0 radical (unpaired) electrons. The third kappa shape index (κ3) is 7.30. The first-order chi connectivity index (χ1) is 13.2. The standard InChI is InChI=1S/C20H21F3N2O3/c1-14-4-2-3-5-17(14)19(27)24-11-10-18(26)25-12-15-6-8-16(9-7-15)28-13-20(21,22)23/h2-9H,10-13H2,1H3,(H,24,27)(H,25,26). The van der Waals surface area contributed by atoms with Gasteiger partial charge in [0.15, 0.2) is 6.61 Å². The zero-order chi connectivity index (χ0) is 20.6. The quantitative estimate of drug-likeness (QED) is 0.721. The Kier molecular flexibility index (Phi) is 7.43. The predicted octanol–water partition coefficient (Wildman–Crippen LogP) is 3.37. The normalized spacial score (nSPS) is 11.0. The maximum absolute atomic E-state index is 12.1. The van der Waals surface area contributed by atoms with E-state index in [1.165, 1.54) is 12.1 Å². The summed E-state index contributed by atoms with van der Waals surface area (Å²) in [6.45, 7) is 0.908. The van der Waals surface area contributed by atoms with E-state index in [9.17, 15) is 22.8 Å². The van der Waals surface area contributed by atoms with E-state index in [4.69, 9.17) is 0 Å². The van der Waals surface area contributed by atoms with Gasteiger partial charge in [-0.1, -0.05) is 30.3 Å². The molecule has 2 amide bonds. The first-order valence-electron chi connectivity index (χ1n) is 8.63. The van der Waals surface area contributed by atoms with Crippen molar-refractivity contribution in [3.8, 4) is 5.75 Å². The van der Waals surface area contributed by atoms with E-state index in [1.807, 2.05) is 19.1 Å². The summed E-state index contributed by atoms with van der Waals surface area (Å²) in [5, 5.41) is 5.38. The van der Waals surface area contributed by atoms with Gasteiger partial charge in [-0.05, 0) is 36.2 Å². The van der Waals surface area contributed by atoms with Crippen LogP contribution in [0.15, 0.2) is 48.5 Å². The van der Waals surface area contributed by atoms with Crippen molar-refractivity contribution in [2.24, 2.45) is 0 Å². The third-order valence-corrected chi connectivity index (χ3v) is 3.84. The molecule has 0 bridgehead atoms. The molecule has 0 aliphatic rings. The number of aryl methyl sites for hydroxylation is 1. The number of hydrogen-bond acceptors (Lipinski definition) is 3. The summed E-state index contributed by atoms with van der Waals surface area (Å²) >= 11 is 0. The topological polar surface area (TPSA) is 67.4 Å². The van der Waals surface area contributed by atoms with Crippen molar-refractivity contribution in [3.05, 3.63) is 65.2 Å². The van der Waals surface area contributed by atoms with E-state index in [2.05, 4.69) is 15.4 Å². The molecule has 0 fully saturated rings. The molecule has 0 aromatic heterocycles. The van der Waals surface area contributed by atoms with Crippen LogP contribution in [0.25, 0.3) is 0 Å². The van der Waals surface area contributed by atoms with E-state index in [0.29, 0.717) is 5.56 Å². The molecule has 0 saturated carbocycles. The van der Waals surface area contributed by atoms with E-state index in [-0.39, 0.29) is 37.1 Å². The van der Waals surface area contributed by atoms with E-state index < -0.39 is 12.8 Å². The second kappa shape index (κ2) is 9.77. The van der Waals surface area contributed by atoms with Gasteiger partial charge >= 0.3 is 6.18 Å². The molecule has 0 saturated heterocycles. The highest BCUT2D eigenvalue weighted by atomic mass is 19.4. The van der Waals surface area contributed by atoms with Crippen LogP contribution < -0.4 is 15.4 Å². The van der Waals surface area contributed by atoms with Gasteiger partial charge in [0.1, 0.15) is 5.75 Å². The summed E-state index contributed by atoms with van der Waals surface area (Å²) in [5.41, 5.74) is 2.14. The van der Waals surface area contributed by atoms with Crippen molar-refractivity contribution in [2.45, 2.75) is 26.1 Å². The summed E-state index contributed by atoms with van der Waals surface area (Å²) in [7, 11) is 0. The van der Waals surface area contributed by atoms with Crippen LogP contribution in [0.5, 0.6) is 5.75 Å². The van der Waals surface area contributed by atoms with Gasteiger partial charge in [-0.15, -0.1) is 0 Å². The molecule has 0 unspecified atom stereocenters. The SMILES string of the molecule is Cc1ccccc1C(=O)NCCC(=O)NCc1ccc(OCC(F)(F)F)cc1. The van der Waals surface area contributed by atoms with Crippen molar-refractivity contribution in [1.29, 1.82) is 0 Å². The third-order valence-electron chi connectivity index (χ3n) is 3.84. The molecule has 150 valence electrons. The lowest BCUT2D eigenvalue weighted by molar-refractivity contribution is -0.153. The number of hydrogen-bond donors (Lipinski definition) is 2. The summed E-state index contributed by atoms with van der Waals surface area (Å²) in [6.07, 6.45) is -4.27. The smallest absolute Gasteiger partial charge is 0.422 e. The van der Waals surface area contributed by atoms with Gasteiger partial charge in [-0.25, -0.2) is 0 Å². The molecule has 2 N–H and O–H groups in total. The molecule has 8 heteroatoms. The van der Waals surface area contributed by atoms with Gasteiger partial charge in [0.2, 0.25) is 5.91 Å². The minimum atomic E-state index is -4.39. The fourth-order valence-electron chi connectivity index (χ4n) is 2.37. The Morgan fingerprint density at radius 1 is 1.00 bits per heavy atom. The summed E-state index contributed by atoms with van der Waals surface area (Å²) < 4.78 is 40.9. The van der Waals surface area contributed by atoms with Gasteiger partial charge in [-0.2, -0.15) is 13.2 Å². The van der Waals surface area contributed by atoms with Crippen LogP contribution in [-0.4, -0.2) is 31.1 Å². The second-order valence-electron chi connectivity index (χ2n) is 6.15. The highest BCUT2D eigenvalue weighted by Crippen LogP contribution is 2.18. The molecule has 0 atom stereocenters. The molecule has 5 nitrogen and oxygen atoms in total. The lowest BCUT2D eigenvalue weighted by atomic mass is 10.1. The van der Waals surface area contributed by atoms with Crippen molar-refractivity contribution >= 4 is 11.8 Å². The molecule has 2 aromatic carbocycles. The van der Waals surface area contributed by atoms with Gasteiger partial charge in [0.25, 0.3) is 5.91 Å². The highest BCUT2D eigenvalue weighted by Gasteiger charge is 2.28. The van der Waals surface area contributed by atoms with Crippen LogP contribution in [0.4, 0.5) is 13.2 Å². The van der Waals surface area contributed by atoms with Crippen LogP contribution in [-0.2, 0) is 11.3 Å². The molecular formula is C20H21F3N2O3. The number of carbonyl (C=O) groups is 2. The second-order valence-corrected chi connectivity index (χ2v) is 6.15. The Morgan fingerprint density at radius 3 is 2.32 bits per heavy atom.